The second-order valence-electron chi connectivity index (χ2n) is 5.97. The highest BCUT2D eigenvalue weighted by Crippen LogP contribution is 2.27. The van der Waals surface area contributed by atoms with Crippen LogP contribution in [0.25, 0.3) is 0 Å². The van der Waals surface area contributed by atoms with Gasteiger partial charge in [0.05, 0.1) is 25.5 Å². The van der Waals surface area contributed by atoms with Gasteiger partial charge in [-0.05, 0) is 48.0 Å². The van der Waals surface area contributed by atoms with E-state index >= 15 is 0 Å². The molecule has 0 saturated heterocycles. The summed E-state index contributed by atoms with van der Waals surface area (Å²) in [5.41, 5.74) is 2.86. The highest BCUT2D eigenvalue weighted by atomic mass is 35.5. The van der Waals surface area contributed by atoms with Crippen molar-refractivity contribution in [3.05, 3.63) is 77.1 Å². The summed E-state index contributed by atoms with van der Waals surface area (Å²) in [5, 5.41) is 6.69. The Bertz CT molecular complexity index is 961. The number of ether oxygens (including phenoxy) is 2. The molecule has 144 valence electrons. The van der Waals surface area contributed by atoms with Gasteiger partial charge in [0.2, 0.25) is 0 Å². The fourth-order valence-electron chi connectivity index (χ4n) is 2.59. The highest BCUT2D eigenvalue weighted by Gasteiger charge is 2.09. The van der Waals surface area contributed by atoms with Gasteiger partial charge in [0, 0.05) is 29.6 Å². The normalized spacial score (nSPS) is 10.2. The predicted octanol–water partition coefficient (Wildman–Crippen LogP) is 4.62. The number of aromatic nitrogens is 1. The molecule has 0 fully saturated rings. The molecule has 3 rings (SSSR count). The molecule has 1 aromatic heterocycles. The van der Waals surface area contributed by atoms with Crippen molar-refractivity contribution in [1.29, 1.82) is 0 Å². The van der Waals surface area contributed by atoms with Gasteiger partial charge in [-0.3, -0.25) is 9.78 Å². The zero-order valence-electron chi connectivity index (χ0n) is 15.5. The van der Waals surface area contributed by atoms with Crippen LogP contribution in [0.3, 0.4) is 0 Å². The van der Waals surface area contributed by atoms with Crippen LogP contribution in [0, 0.1) is 0 Å². The predicted molar refractivity (Wildman–Crippen MR) is 111 cm³/mol. The number of halogens is 1. The molecule has 0 aliphatic carbocycles. The number of hydrogen-bond donors (Lipinski definition) is 2. The molecule has 28 heavy (non-hydrogen) atoms. The van der Waals surface area contributed by atoms with Gasteiger partial charge in [-0.1, -0.05) is 17.7 Å². The lowest BCUT2D eigenvalue weighted by molar-refractivity contribution is 0.102. The zero-order chi connectivity index (χ0) is 19.9. The molecule has 0 unspecified atom stereocenters. The number of amides is 1. The minimum absolute atomic E-state index is 0.246. The molecule has 0 spiro atoms. The molecule has 1 heterocycles. The molecule has 3 aromatic rings. The lowest BCUT2D eigenvalue weighted by atomic mass is 10.2. The monoisotopic (exact) mass is 397 g/mol. The molecule has 0 bridgehead atoms. The third kappa shape index (κ3) is 4.92. The molecule has 6 nitrogen and oxygen atoms in total. The average Bonchev–Trinajstić information content (AvgIpc) is 2.73. The van der Waals surface area contributed by atoms with Crippen molar-refractivity contribution in [3.8, 4) is 11.5 Å². The molecule has 1 amide bonds. The summed E-state index contributed by atoms with van der Waals surface area (Å²) in [4.78, 5) is 16.6. The molecule has 0 saturated carbocycles. The quantitative estimate of drug-likeness (QED) is 0.608. The molecule has 2 N–H and O–H groups in total. The van der Waals surface area contributed by atoms with Crippen molar-refractivity contribution < 1.29 is 14.3 Å². The van der Waals surface area contributed by atoms with E-state index in [1.807, 2.05) is 18.2 Å². The van der Waals surface area contributed by atoms with E-state index in [0.717, 1.165) is 11.3 Å². The maximum absolute atomic E-state index is 12.4. The van der Waals surface area contributed by atoms with Crippen molar-refractivity contribution >= 4 is 28.9 Å². The van der Waals surface area contributed by atoms with Gasteiger partial charge < -0.3 is 20.1 Å². The smallest absolute Gasteiger partial charge is 0.257 e. The molecular formula is C21H20ClN3O3. The van der Waals surface area contributed by atoms with Gasteiger partial charge in [-0.2, -0.15) is 0 Å². The molecule has 7 heteroatoms. The SMILES string of the molecule is COc1ccc(CNc2cncc(C(=O)Nc3ccc(Cl)cc3)c2)cc1OC. The third-order valence-corrected chi connectivity index (χ3v) is 4.30. The molecule has 0 aliphatic heterocycles. The van der Waals surface area contributed by atoms with E-state index in [1.165, 1.54) is 6.20 Å². The van der Waals surface area contributed by atoms with E-state index in [4.69, 9.17) is 21.1 Å². The number of carbonyl (C=O) groups is 1. The van der Waals surface area contributed by atoms with Crippen molar-refractivity contribution in [2.75, 3.05) is 24.9 Å². The van der Waals surface area contributed by atoms with Gasteiger partial charge >= 0.3 is 0 Å². The number of benzene rings is 2. The van der Waals surface area contributed by atoms with Gasteiger partial charge in [-0.25, -0.2) is 0 Å². The zero-order valence-corrected chi connectivity index (χ0v) is 16.3. The summed E-state index contributed by atoms with van der Waals surface area (Å²) in [7, 11) is 3.20. The van der Waals surface area contributed by atoms with E-state index in [9.17, 15) is 4.79 Å². The molecular weight excluding hydrogens is 378 g/mol. The Kier molecular flexibility index (Phi) is 6.34. The van der Waals surface area contributed by atoms with Gasteiger partial charge in [-0.15, -0.1) is 0 Å². The summed E-state index contributed by atoms with van der Waals surface area (Å²) in [6, 6.07) is 14.4. The van der Waals surface area contributed by atoms with Crippen LogP contribution in [-0.4, -0.2) is 25.1 Å². The summed E-state index contributed by atoms with van der Waals surface area (Å²) >= 11 is 5.86. The van der Waals surface area contributed by atoms with E-state index in [1.54, 1.807) is 50.7 Å². The molecule has 2 aromatic carbocycles. The van der Waals surface area contributed by atoms with Crippen LogP contribution in [0.4, 0.5) is 11.4 Å². The minimum Gasteiger partial charge on any atom is -0.493 e. The van der Waals surface area contributed by atoms with Crippen molar-refractivity contribution in [3.63, 3.8) is 0 Å². The first-order chi connectivity index (χ1) is 13.6. The number of carbonyl (C=O) groups excluding carboxylic acids is 1. The van der Waals surface area contributed by atoms with Crippen LogP contribution in [0.15, 0.2) is 60.9 Å². The van der Waals surface area contributed by atoms with Crippen molar-refractivity contribution in [1.82, 2.24) is 4.98 Å². The van der Waals surface area contributed by atoms with Crippen molar-refractivity contribution in [2.24, 2.45) is 0 Å². The van der Waals surface area contributed by atoms with Gasteiger partial charge in [0.25, 0.3) is 5.91 Å². The highest BCUT2D eigenvalue weighted by molar-refractivity contribution is 6.30. The first kappa shape index (κ1) is 19.5. The maximum atomic E-state index is 12.4. The number of nitrogens with one attached hydrogen (secondary N) is 2. The van der Waals surface area contributed by atoms with Crippen molar-refractivity contribution in [2.45, 2.75) is 6.54 Å². The number of hydrogen-bond acceptors (Lipinski definition) is 5. The first-order valence-electron chi connectivity index (χ1n) is 8.56. The average molecular weight is 398 g/mol. The number of methoxy groups -OCH3 is 2. The lowest BCUT2D eigenvalue weighted by Gasteiger charge is -2.11. The fourth-order valence-corrected chi connectivity index (χ4v) is 2.72. The number of anilines is 2. The Hall–Kier alpha value is -3.25. The summed E-state index contributed by atoms with van der Waals surface area (Å²) in [5.74, 6) is 1.09. The second-order valence-corrected chi connectivity index (χ2v) is 6.40. The standard InChI is InChI=1S/C21H20ClN3O3/c1-27-19-8-3-14(9-20(19)28-2)11-24-18-10-15(12-23-13-18)21(26)25-17-6-4-16(22)5-7-17/h3-10,12-13,24H,11H2,1-2H3,(H,25,26). The largest absolute Gasteiger partial charge is 0.493 e. The van der Waals surface area contributed by atoms with Crippen LogP contribution >= 0.6 is 11.6 Å². The fraction of sp³-hybridized carbons (Fsp3) is 0.143. The van der Waals surface area contributed by atoms with E-state index in [0.29, 0.717) is 34.3 Å². The van der Waals surface area contributed by atoms with E-state index in [2.05, 4.69) is 15.6 Å². The maximum Gasteiger partial charge on any atom is 0.257 e. The van der Waals surface area contributed by atoms with Crippen LogP contribution in [0.2, 0.25) is 5.02 Å². The minimum atomic E-state index is -0.246. The van der Waals surface area contributed by atoms with Crippen LogP contribution in [-0.2, 0) is 6.54 Å². The van der Waals surface area contributed by atoms with E-state index < -0.39 is 0 Å². The third-order valence-electron chi connectivity index (χ3n) is 4.05. The topological polar surface area (TPSA) is 72.5 Å². The Balaban J connectivity index is 1.66. The number of rotatable bonds is 7. The van der Waals surface area contributed by atoms with Gasteiger partial charge in [0.1, 0.15) is 0 Å². The molecule has 0 radical (unpaired) electrons. The molecule has 0 atom stereocenters. The molecule has 0 aliphatic rings. The van der Waals surface area contributed by atoms with Crippen LogP contribution in [0.1, 0.15) is 15.9 Å². The van der Waals surface area contributed by atoms with E-state index in [-0.39, 0.29) is 5.91 Å². The number of nitrogens with zero attached hydrogens (tertiary/aromatic N) is 1. The van der Waals surface area contributed by atoms with Crippen LogP contribution < -0.4 is 20.1 Å². The summed E-state index contributed by atoms with van der Waals surface area (Å²) < 4.78 is 10.6. The second kappa shape index (κ2) is 9.10. The summed E-state index contributed by atoms with van der Waals surface area (Å²) in [6.07, 6.45) is 3.19. The Morgan fingerprint density at radius 3 is 2.43 bits per heavy atom. The Morgan fingerprint density at radius 2 is 1.71 bits per heavy atom. The Labute approximate surface area is 168 Å². The lowest BCUT2D eigenvalue weighted by Crippen LogP contribution is -2.12. The summed E-state index contributed by atoms with van der Waals surface area (Å²) in [6.45, 7) is 0.546. The Morgan fingerprint density at radius 1 is 0.964 bits per heavy atom. The van der Waals surface area contributed by atoms with Gasteiger partial charge in [0.15, 0.2) is 11.5 Å². The van der Waals surface area contributed by atoms with Crippen LogP contribution in [0.5, 0.6) is 11.5 Å². The first-order valence-corrected chi connectivity index (χ1v) is 8.93. The number of pyridine rings is 1.